The fourth-order valence-corrected chi connectivity index (χ4v) is 1.05. The molecule has 1 radical (unpaired) electrons. The molecule has 0 fully saturated rings. The lowest BCUT2D eigenvalue weighted by molar-refractivity contribution is 0.0965. The van der Waals surface area contributed by atoms with Crippen molar-refractivity contribution in [3.05, 3.63) is 36.5 Å². The molecule has 13 heavy (non-hydrogen) atoms. The molecule has 0 bridgehead atoms. The number of nitrogens with zero attached hydrogens (tertiary/aromatic N) is 1. The SMILES string of the molecule is [CH2]c1ccnc(C(=O)[C@@H](N)CS)c1. The number of hydrogen-bond donors (Lipinski definition) is 2. The monoisotopic (exact) mass is 195 g/mol. The molecule has 4 heteroatoms. The van der Waals surface area contributed by atoms with E-state index in [1.165, 1.54) is 0 Å². The van der Waals surface area contributed by atoms with Crippen molar-refractivity contribution in [1.82, 2.24) is 4.98 Å². The molecule has 0 spiro atoms. The van der Waals surface area contributed by atoms with E-state index in [9.17, 15) is 4.79 Å². The van der Waals surface area contributed by atoms with Crippen LogP contribution >= 0.6 is 12.6 Å². The highest BCUT2D eigenvalue weighted by Gasteiger charge is 2.14. The molecule has 0 saturated carbocycles. The van der Waals surface area contributed by atoms with Gasteiger partial charge in [0.1, 0.15) is 5.69 Å². The van der Waals surface area contributed by atoms with Crippen LogP contribution in [-0.2, 0) is 0 Å². The fourth-order valence-electron chi connectivity index (χ4n) is 0.882. The Bertz CT molecular complexity index is 314. The van der Waals surface area contributed by atoms with Crippen LogP contribution in [0.25, 0.3) is 0 Å². The summed E-state index contributed by atoms with van der Waals surface area (Å²) in [5.74, 6) is 0.127. The highest BCUT2D eigenvalue weighted by atomic mass is 32.1. The second kappa shape index (κ2) is 4.39. The first kappa shape index (κ1) is 10.2. The first-order chi connectivity index (χ1) is 6.15. The normalized spacial score (nSPS) is 12.5. The van der Waals surface area contributed by atoms with Gasteiger partial charge in [-0.05, 0) is 24.6 Å². The molecule has 1 aromatic rings. The zero-order valence-corrected chi connectivity index (χ0v) is 8.00. The summed E-state index contributed by atoms with van der Waals surface area (Å²) in [6.07, 6.45) is 1.54. The standard InChI is InChI=1S/C9H11N2OS/c1-6-2-3-11-8(4-6)9(12)7(10)5-13/h2-4,7,13H,1,5,10H2/t7-/m0/s1. The van der Waals surface area contributed by atoms with Crippen LogP contribution in [-0.4, -0.2) is 22.6 Å². The third-order valence-corrected chi connectivity index (χ3v) is 2.00. The zero-order valence-electron chi connectivity index (χ0n) is 7.10. The van der Waals surface area contributed by atoms with Gasteiger partial charge >= 0.3 is 0 Å². The quantitative estimate of drug-likeness (QED) is 0.551. The summed E-state index contributed by atoms with van der Waals surface area (Å²) in [6, 6.07) is 2.76. The first-order valence-corrected chi connectivity index (χ1v) is 4.47. The highest BCUT2D eigenvalue weighted by molar-refractivity contribution is 7.80. The van der Waals surface area contributed by atoms with Gasteiger partial charge in [0.15, 0.2) is 5.78 Å². The number of carbonyl (C=O) groups excluding carboxylic acids is 1. The predicted octanol–water partition coefficient (Wildman–Crippen LogP) is 0.704. The number of aromatic nitrogens is 1. The summed E-state index contributed by atoms with van der Waals surface area (Å²) in [4.78, 5) is 15.4. The van der Waals surface area contributed by atoms with E-state index < -0.39 is 6.04 Å². The smallest absolute Gasteiger partial charge is 0.198 e. The fraction of sp³-hybridized carbons (Fsp3) is 0.222. The van der Waals surface area contributed by atoms with E-state index in [1.54, 1.807) is 18.3 Å². The van der Waals surface area contributed by atoms with Gasteiger partial charge in [0.05, 0.1) is 6.04 Å². The lowest BCUT2D eigenvalue weighted by Gasteiger charge is -2.06. The molecule has 3 nitrogen and oxygen atoms in total. The zero-order chi connectivity index (χ0) is 9.84. The molecule has 0 aliphatic heterocycles. The third-order valence-electron chi connectivity index (χ3n) is 1.61. The van der Waals surface area contributed by atoms with Gasteiger partial charge in [-0.1, -0.05) is 0 Å². The van der Waals surface area contributed by atoms with E-state index >= 15 is 0 Å². The van der Waals surface area contributed by atoms with Crippen LogP contribution in [0.5, 0.6) is 0 Å². The molecule has 69 valence electrons. The van der Waals surface area contributed by atoms with E-state index in [0.29, 0.717) is 11.4 Å². The minimum absolute atomic E-state index is 0.194. The average molecular weight is 195 g/mol. The predicted molar refractivity (Wildman–Crippen MR) is 54.9 cm³/mol. The third kappa shape index (κ3) is 2.54. The molecule has 0 aliphatic rings. The molecule has 1 heterocycles. The Labute approximate surface area is 82.8 Å². The number of carbonyl (C=O) groups is 1. The second-order valence-corrected chi connectivity index (χ2v) is 3.07. The number of ketones is 1. The van der Waals surface area contributed by atoms with Crippen LogP contribution in [0.15, 0.2) is 18.3 Å². The summed E-state index contributed by atoms with van der Waals surface area (Å²) >= 11 is 3.94. The average Bonchev–Trinajstić information content (AvgIpc) is 2.15. The van der Waals surface area contributed by atoms with E-state index in [2.05, 4.69) is 24.5 Å². The van der Waals surface area contributed by atoms with Crippen molar-refractivity contribution in [1.29, 1.82) is 0 Å². The maximum atomic E-state index is 11.5. The first-order valence-electron chi connectivity index (χ1n) is 3.84. The van der Waals surface area contributed by atoms with Crippen LogP contribution in [0, 0.1) is 6.92 Å². The van der Waals surface area contributed by atoms with E-state index in [-0.39, 0.29) is 5.78 Å². The van der Waals surface area contributed by atoms with E-state index in [0.717, 1.165) is 5.56 Å². The molecular formula is C9H11N2OS. The van der Waals surface area contributed by atoms with Crippen molar-refractivity contribution in [3.8, 4) is 0 Å². The summed E-state index contributed by atoms with van der Waals surface area (Å²) in [7, 11) is 0. The summed E-state index contributed by atoms with van der Waals surface area (Å²) in [5, 5.41) is 0. The van der Waals surface area contributed by atoms with Crippen molar-refractivity contribution in [2.45, 2.75) is 6.04 Å². The van der Waals surface area contributed by atoms with Gasteiger partial charge in [-0.25, -0.2) is 0 Å². The lowest BCUT2D eigenvalue weighted by atomic mass is 10.1. The second-order valence-electron chi connectivity index (χ2n) is 2.70. The topological polar surface area (TPSA) is 56.0 Å². The molecule has 0 aliphatic carbocycles. The van der Waals surface area contributed by atoms with Gasteiger partial charge in [0.2, 0.25) is 0 Å². The van der Waals surface area contributed by atoms with Gasteiger partial charge in [0.25, 0.3) is 0 Å². The summed E-state index contributed by atoms with van der Waals surface area (Å²) < 4.78 is 0. The van der Waals surface area contributed by atoms with E-state index in [4.69, 9.17) is 5.73 Å². The number of rotatable bonds is 3. The number of nitrogens with two attached hydrogens (primary N) is 1. The van der Waals surface area contributed by atoms with Crippen LogP contribution in [0.1, 0.15) is 16.1 Å². The Balaban J connectivity index is 2.89. The highest BCUT2D eigenvalue weighted by Crippen LogP contribution is 2.03. The molecule has 0 unspecified atom stereocenters. The molecule has 1 aromatic heterocycles. The van der Waals surface area contributed by atoms with Crippen molar-refractivity contribution < 1.29 is 4.79 Å². The van der Waals surface area contributed by atoms with Crippen molar-refractivity contribution in [3.63, 3.8) is 0 Å². The van der Waals surface area contributed by atoms with E-state index in [1.807, 2.05) is 0 Å². The number of pyridine rings is 1. The molecule has 0 saturated heterocycles. The van der Waals surface area contributed by atoms with Crippen LogP contribution in [0.4, 0.5) is 0 Å². The molecule has 1 rings (SSSR count). The molecule has 0 aromatic carbocycles. The molecule has 1 atom stereocenters. The maximum absolute atomic E-state index is 11.5. The molecule has 0 amide bonds. The van der Waals surface area contributed by atoms with Gasteiger partial charge in [-0.15, -0.1) is 0 Å². The van der Waals surface area contributed by atoms with Gasteiger partial charge in [-0.3, -0.25) is 9.78 Å². The van der Waals surface area contributed by atoms with Crippen molar-refractivity contribution in [2.24, 2.45) is 5.73 Å². The van der Waals surface area contributed by atoms with Gasteiger partial charge in [-0.2, -0.15) is 12.6 Å². The minimum atomic E-state index is -0.586. The van der Waals surface area contributed by atoms with Crippen LogP contribution in [0.3, 0.4) is 0 Å². The van der Waals surface area contributed by atoms with Crippen LogP contribution < -0.4 is 5.73 Å². The molecule has 2 N–H and O–H groups in total. The summed E-state index contributed by atoms with van der Waals surface area (Å²) in [6.45, 7) is 3.70. The van der Waals surface area contributed by atoms with Crippen LogP contribution in [0.2, 0.25) is 0 Å². The largest absolute Gasteiger partial charge is 0.320 e. The number of hydrogen-bond acceptors (Lipinski definition) is 4. The Morgan fingerprint density at radius 1 is 1.77 bits per heavy atom. The number of Topliss-reactive ketones (excluding diaryl/α,β-unsaturated/α-hetero) is 1. The van der Waals surface area contributed by atoms with Gasteiger partial charge in [0, 0.05) is 11.9 Å². The number of thiol groups is 1. The minimum Gasteiger partial charge on any atom is -0.320 e. The van der Waals surface area contributed by atoms with Gasteiger partial charge < -0.3 is 5.73 Å². The Kier molecular flexibility index (Phi) is 3.45. The van der Waals surface area contributed by atoms with Crippen molar-refractivity contribution >= 4 is 18.4 Å². The Hall–Kier alpha value is -0.870. The Morgan fingerprint density at radius 3 is 3.00 bits per heavy atom. The maximum Gasteiger partial charge on any atom is 0.198 e. The lowest BCUT2D eigenvalue weighted by Crippen LogP contribution is -2.32. The Morgan fingerprint density at radius 2 is 2.46 bits per heavy atom. The summed E-state index contributed by atoms with van der Waals surface area (Å²) in [5.41, 5.74) is 6.62. The van der Waals surface area contributed by atoms with Crippen molar-refractivity contribution in [2.75, 3.05) is 5.75 Å². The molecular weight excluding hydrogens is 184 g/mol.